The number of hydrogen-bond acceptors (Lipinski definition) is 6. The molecule has 1 aliphatic carbocycles. The van der Waals surface area contributed by atoms with Gasteiger partial charge < -0.3 is 14.8 Å². The topological polar surface area (TPSA) is 89.5 Å². The number of methoxy groups -OCH3 is 1. The van der Waals surface area contributed by atoms with Crippen molar-refractivity contribution >= 4 is 34.0 Å². The normalized spacial score (nSPS) is 12.8. The molecule has 30 heavy (non-hydrogen) atoms. The van der Waals surface area contributed by atoms with Crippen LogP contribution in [0.15, 0.2) is 53.9 Å². The van der Waals surface area contributed by atoms with Gasteiger partial charge in [-0.25, -0.2) is 4.98 Å². The van der Waals surface area contributed by atoms with Gasteiger partial charge in [-0.3, -0.25) is 14.9 Å². The van der Waals surface area contributed by atoms with Crippen molar-refractivity contribution in [3.63, 3.8) is 0 Å². The summed E-state index contributed by atoms with van der Waals surface area (Å²) in [6, 6.07) is 14.6. The molecule has 2 amide bonds. The van der Waals surface area contributed by atoms with E-state index in [1.54, 1.807) is 31.4 Å². The Bertz CT molecular complexity index is 1060. The lowest BCUT2D eigenvalue weighted by Crippen LogP contribution is -2.20. The standard InChI is InChI=1S/C22H21N3O4S/c1-28-19-8-3-2-7-17(19)18-13-30-22(24-18)25-20(26)12-29-16-6-4-5-15(11-16)23-21(27)14-9-10-14/h2-8,11,13-14H,9-10,12H2,1H3,(H,23,27)(H,24,25,26). The van der Waals surface area contributed by atoms with Crippen molar-refractivity contribution in [2.45, 2.75) is 12.8 Å². The first-order valence-electron chi connectivity index (χ1n) is 9.55. The molecule has 1 saturated carbocycles. The molecule has 0 unspecified atom stereocenters. The molecule has 1 fully saturated rings. The maximum absolute atomic E-state index is 12.3. The third-order valence-electron chi connectivity index (χ3n) is 4.55. The fourth-order valence-corrected chi connectivity index (χ4v) is 3.60. The SMILES string of the molecule is COc1ccccc1-c1csc(NC(=O)COc2cccc(NC(=O)C3CC3)c2)n1. The number of rotatable bonds is 8. The number of ether oxygens (including phenoxy) is 2. The molecule has 0 spiro atoms. The first kappa shape index (κ1) is 19.9. The van der Waals surface area contributed by atoms with E-state index < -0.39 is 0 Å². The molecular weight excluding hydrogens is 402 g/mol. The lowest BCUT2D eigenvalue weighted by atomic mass is 10.1. The molecule has 1 heterocycles. The Morgan fingerprint density at radius 2 is 1.97 bits per heavy atom. The maximum Gasteiger partial charge on any atom is 0.264 e. The Balaban J connectivity index is 1.32. The zero-order chi connectivity index (χ0) is 20.9. The molecule has 1 aliphatic rings. The minimum atomic E-state index is -0.316. The number of nitrogens with one attached hydrogen (secondary N) is 2. The first-order chi connectivity index (χ1) is 14.6. The second-order valence-electron chi connectivity index (χ2n) is 6.87. The van der Waals surface area contributed by atoms with Crippen LogP contribution < -0.4 is 20.1 Å². The number of carbonyl (C=O) groups is 2. The summed E-state index contributed by atoms with van der Waals surface area (Å²) in [7, 11) is 1.61. The van der Waals surface area contributed by atoms with Crippen LogP contribution in [-0.4, -0.2) is 30.5 Å². The van der Waals surface area contributed by atoms with Crippen molar-refractivity contribution < 1.29 is 19.1 Å². The average molecular weight is 423 g/mol. The van der Waals surface area contributed by atoms with Crippen LogP contribution in [0.1, 0.15) is 12.8 Å². The average Bonchev–Trinajstić information content (AvgIpc) is 3.52. The Morgan fingerprint density at radius 1 is 1.13 bits per heavy atom. The molecule has 0 aliphatic heterocycles. The third kappa shape index (κ3) is 4.96. The summed E-state index contributed by atoms with van der Waals surface area (Å²) in [4.78, 5) is 28.6. The van der Waals surface area contributed by atoms with Gasteiger partial charge in [-0.15, -0.1) is 11.3 Å². The second kappa shape index (κ2) is 8.96. The second-order valence-corrected chi connectivity index (χ2v) is 7.72. The van der Waals surface area contributed by atoms with Gasteiger partial charge in [0.1, 0.15) is 11.5 Å². The van der Waals surface area contributed by atoms with E-state index in [1.165, 1.54) is 11.3 Å². The van der Waals surface area contributed by atoms with Gasteiger partial charge in [-0.05, 0) is 37.1 Å². The molecule has 2 N–H and O–H groups in total. The quantitative estimate of drug-likeness (QED) is 0.567. The van der Waals surface area contributed by atoms with Crippen molar-refractivity contribution in [1.29, 1.82) is 0 Å². The number of amides is 2. The fourth-order valence-electron chi connectivity index (χ4n) is 2.87. The molecule has 1 aromatic heterocycles. The van der Waals surface area contributed by atoms with Crippen molar-refractivity contribution in [2.24, 2.45) is 5.92 Å². The molecule has 2 aromatic carbocycles. The van der Waals surface area contributed by atoms with Gasteiger partial charge in [-0.1, -0.05) is 18.2 Å². The molecule has 0 saturated heterocycles. The van der Waals surface area contributed by atoms with Gasteiger partial charge in [-0.2, -0.15) is 0 Å². The smallest absolute Gasteiger partial charge is 0.264 e. The lowest BCUT2D eigenvalue weighted by molar-refractivity contribution is -0.118. The van der Waals surface area contributed by atoms with Crippen LogP contribution >= 0.6 is 11.3 Å². The largest absolute Gasteiger partial charge is 0.496 e. The van der Waals surface area contributed by atoms with E-state index in [-0.39, 0.29) is 24.3 Å². The molecule has 0 atom stereocenters. The van der Waals surface area contributed by atoms with Crippen molar-refractivity contribution in [3.05, 3.63) is 53.9 Å². The van der Waals surface area contributed by atoms with Crippen molar-refractivity contribution in [2.75, 3.05) is 24.4 Å². The molecule has 4 rings (SSSR count). The van der Waals surface area contributed by atoms with Crippen molar-refractivity contribution in [3.8, 4) is 22.8 Å². The van der Waals surface area contributed by atoms with E-state index in [2.05, 4.69) is 15.6 Å². The predicted octanol–water partition coefficient (Wildman–Crippen LogP) is 4.18. The Morgan fingerprint density at radius 3 is 2.77 bits per heavy atom. The summed E-state index contributed by atoms with van der Waals surface area (Å²) in [5, 5.41) is 7.95. The number of anilines is 2. The number of para-hydroxylation sites is 1. The molecule has 7 nitrogen and oxygen atoms in total. The lowest BCUT2D eigenvalue weighted by Gasteiger charge is -2.09. The van der Waals surface area contributed by atoms with Crippen LogP contribution in [0.25, 0.3) is 11.3 Å². The number of thiazole rings is 1. The van der Waals surface area contributed by atoms with Gasteiger partial charge in [0.25, 0.3) is 5.91 Å². The van der Waals surface area contributed by atoms with Crippen LogP contribution in [0, 0.1) is 5.92 Å². The Hall–Kier alpha value is -3.39. The first-order valence-corrected chi connectivity index (χ1v) is 10.4. The third-order valence-corrected chi connectivity index (χ3v) is 5.31. The van der Waals surface area contributed by atoms with E-state index in [1.807, 2.05) is 29.6 Å². The summed E-state index contributed by atoms with van der Waals surface area (Å²) >= 11 is 1.33. The zero-order valence-corrected chi connectivity index (χ0v) is 17.2. The maximum atomic E-state index is 12.3. The van der Waals surface area contributed by atoms with Crippen LogP contribution in [0.4, 0.5) is 10.8 Å². The monoisotopic (exact) mass is 423 g/mol. The highest BCUT2D eigenvalue weighted by molar-refractivity contribution is 7.14. The molecule has 3 aromatic rings. The van der Waals surface area contributed by atoms with Crippen LogP contribution in [0.5, 0.6) is 11.5 Å². The van der Waals surface area contributed by atoms with Gasteiger partial charge in [0.05, 0.1) is 12.8 Å². The molecule has 0 radical (unpaired) electrons. The molecule has 0 bridgehead atoms. The molecule has 8 heteroatoms. The number of nitrogens with zero attached hydrogens (tertiary/aromatic N) is 1. The van der Waals surface area contributed by atoms with Gasteiger partial charge in [0, 0.05) is 28.6 Å². The number of carbonyl (C=O) groups excluding carboxylic acids is 2. The Kier molecular flexibility index (Phi) is 5.94. The summed E-state index contributed by atoms with van der Waals surface area (Å²) in [6.45, 7) is -0.163. The van der Waals surface area contributed by atoms with E-state index in [0.717, 1.165) is 29.8 Å². The summed E-state index contributed by atoms with van der Waals surface area (Å²) in [5.74, 6) is 1.06. The van der Waals surface area contributed by atoms with Gasteiger partial charge >= 0.3 is 0 Å². The van der Waals surface area contributed by atoms with Crippen molar-refractivity contribution in [1.82, 2.24) is 4.98 Å². The van der Waals surface area contributed by atoms with E-state index in [4.69, 9.17) is 9.47 Å². The van der Waals surface area contributed by atoms with Crippen LogP contribution in [0.2, 0.25) is 0 Å². The van der Waals surface area contributed by atoms with E-state index >= 15 is 0 Å². The highest BCUT2D eigenvalue weighted by Crippen LogP contribution is 2.32. The molecular formula is C22H21N3O4S. The van der Waals surface area contributed by atoms with Gasteiger partial charge in [0.2, 0.25) is 5.91 Å². The van der Waals surface area contributed by atoms with E-state index in [0.29, 0.717) is 16.6 Å². The van der Waals surface area contributed by atoms with Crippen LogP contribution in [-0.2, 0) is 9.59 Å². The Labute approximate surface area is 178 Å². The number of hydrogen-bond donors (Lipinski definition) is 2. The fraction of sp³-hybridized carbons (Fsp3) is 0.227. The highest BCUT2D eigenvalue weighted by atomic mass is 32.1. The predicted molar refractivity (Wildman–Crippen MR) is 116 cm³/mol. The number of benzene rings is 2. The van der Waals surface area contributed by atoms with E-state index in [9.17, 15) is 9.59 Å². The minimum Gasteiger partial charge on any atom is -0.496 e. The minimum absolute atomic E-state index is 0.0273. The van der Waals surface area contributed by atoms with Gasteiger partial charge in [0.15, 0.2) is 11.7 Å². The zero-order valence-electron chi connectivity index (χ0n) is 16.4. The number of aromatic nitrogens is 1. The highest BCUT2D eigenvalue weighted by Gasteiger charge is 2.29. The van der Waals surface area contributed by atoms with Crippen LogP contribution in [0.3, 0.4) is 0 Å². The summed E-state index contributed by atoms with van der Waals surface area (Å²) < 4.78 is 10.9. The summed E-state index contributed by atoms with van der Waals surface area (Å²) in [6.07, 6.45) is 1.88. The summed E-state index contributed by atoms with van der Waals surface area (Å²) in [5.41, 5.74) is 2.25. The molecule has 154 valence electrons.